The van der Waals surface area contributed by atoms with E-state index in [-0.39, 0.29) is 11.9 Å². The molecule has 0 aliphatic heterocycles. The zero-order valence-electron chi connectivity index (χ0n) is 10.2. The van der Waals surface area contributed by atoms with E-state index in [1.54, 1.807) is 7.05 Å². The summed E-state index contributed by atoms with van der Waals surface area (Å²) in [4.78, 5) is 16.1. The Morgan fingerprint density at radius 3 is 2.88 bits per heavy atom. The van der Waals surface area contributed by atoms with Crippen molar-refractivity contribution in [1.82, 2.24) is 14.9 Å². The summed E-state index contributed by atoms with van der Waals surface area (Å²) >= 11 is 0. The molecular formula is C12H16N4O. The summed E-state index contributed by atoms with van der Waals surface area (Å²) in [5.74, 6) is 0.769. The fourth-order valence-electron chi connectivity index (χ4n) is 2.05. The Kier molecular flexibility index (Phi) is 2.75. The Morgan fingerprint density at radius 2 is 2.24 bits per heavy atom. The molecule has 2 aromatic rings. The lowest BCUT2D eigenvalue weighted by Crippen LogP contribution is -2.28. The number of rotatable bonds is 2. The lowest BCUT2D eigenvalue weighted by molar-refractivity contribution is -0.123. The van der Waals surface area contributed by atoms with Crippen LogP contribution in [0.25, 0.3) is 11.0 Å². The molecule has 0 spiro atoms. The molecule has 1 amide bonds. The van der Waals surface area contributed by atoms with Gasteiger partial charge in [-0.3, -0.25) is 4.79 Å². The van der Waals surface area contributed by atoms with Gasteiger partial charge in [-0.2, -0.15) is 0 Å². The Balaban J connectivity index is 2.61. The van der Waals surface area contributed by atoms with Crippen LogP contribution in [0.1, 0.15) is 18.8 Å². The molecule has 1 unspecified atom stereocenters. The number of hydrogen-bond acceptors (Lipinski definition) is 3. The van der Waals surface area contributed by atoms with Gasteiger partial charge in [0.25, 0.3) is 0 Å². The van der Waals surface area contributed by atoms with Crippen LogP contribution in [0, 0.1) is 6.92 Å². The zero-order valence-corrected chi connectivity index (χ0v) is 10.2. The highest BCUT2D eigenvalue weighted by atomic mass is 16.2. The minimum absolute atomic E-state index is 0.0378. The molecule has 0 saturated heterocycles. The van der Waals surface area contributed by atoms with E-state index in [0.717, 1.165) is 16.9 Å². The van der Waals surface area contributed by atoms with Crippen LogP contribution in [-0.2, 0) is 4.79 Å². The number of carbonyl (C=O) groups is 1. The Labute approximate surface area is 99.6 Å². The molecule has 0 aliphatic rings. The van der Waals surface area contributed by atoms with Gasteiger partial charge in [0, 0.05) is 12.7 Å². The van der Waals surface area contributed by atoms with Crippen molar-refractivity contribution in [3.8, 4) is 0 Å². The first-order chi connectivity index (χ1) is 8.04. The van der Waals surface area contributed by atoms with E-state index in [2.05, 4.69) is 10.3 Å². The van der Waals surface area contributed by atoms with Crippen LogP contribution in [0.15, 0.2) is 18.2 Å². The van der Waals surface area contributed by atoms with Gasteiger partial charge in [0.1, 0.15) is 11.9 Å². The first-order valence-electron chi connectivity index (χ1n) is 5.50. The van der Waals surface area contributed by atoms with Gasteiger partial charge in [0.2, 0.25) is 5.91 Å². The van der Waals surface area contributed by atoms with Gasteiger partial charge in [-0.25, -0.2) is 4.98 Å². The number of aryl methyl sites for hydroxylation is 1. The van der Waals surface area contributed by atoms with Gasteiger partial charge in [0.05, 0.1) is 11.0 Å². The molecule has 17 heavy (non-hydrogen) atoms. The quantitative estimate of drug-likeness (QED) is 0.765. The van der Waals surface area contributed by atoms with Gasteiger partial charge >= 0.3 is 0 Å². The fraction of sp³-hybridized carbons (Fsp3) is 0.333. The minimum Gasteiger partial charge on any atom is -0.399 e. The van der Waals surface area contributed by atoms with Gasteiger partial charge in [-0.15, -0.1) is 0 Å². The number of amides is 1. The lowest BCUT2D eigenvalue weighted by atomic mass is 10.2. The van der Waals surface area contributed by atoms with E-state index in [0.29, 0.717) is 5.69 Å². The number of carbonyl (C=O) groups excluding carboxylic acids is 1. The third-order valence-corrected chi connectivity index (χ3v) is 2.90. The van der Waals surface area contributed by atoms with Crippen LogP contribution in [0.4, 0.5) is 5.69 Å². The summed E-state index contributed by atoms with van der Waals surface area (Å²) in [5, 5.41) is 2.64. The molecule has 0 bridgehead atoms. The first-order valence-corrected chi connectivity index (χ1v) is 5.50. The average Bonchev–Trinajstić information content (AvgIpc) is 2.62. The molecule has 2 rings (SSSR count). The highest BCUT2D eigenvalue weighted by molar-refractivity contribution is 5.85. The smallest absolute Gasteiger partial charge is 0.242 e. The number of benzene rings is 1. The van der Waals surface area contributed by atoms with Crippen LogP contribution in [0.3, 0.4) is 0 Å². The van der Waals surface area contributed by atoms with Crippen molar-refractivity contribution in [3.63, 3.8) is 0 Å². The average molecular weight is 232 g/mol. The van der Waals surface area contributed by atoms with Crippen LogP contribution in [-0.4, -0.2) is 22.5 Å². The van der Waals surface area contributed by atoms with Crippen LogP contribution in [0.2, 0.25) is 0 Å². The van der Waals surface area contributed by atoms with E-state index in [9.17, 15) is 4.79 Å². The highest BCUT2D eigenvalue weighted by Gasteiger charge is 2.18. The summed E-state index contributed by atoms with van der Waals surface area (Å²) in [5.41, 5.74) is 8.13. The van der Waals surface area contributed by atoms with Crippen LogP contribution < -0.4 is 11.1 Å². The summed E-state index contributed by atoms with van der Waals surface area (Å²) < 4.78 is 1.91. The highest BCUT2D eigenvalue weighted by Crippen LogP contribution is 2.22. The number of nitrogens with two attached hydrogens (primary N) is 1. The van der Waals surface area contributed by atoms with E-state index < -0.39 is 0 Å². The molecule has 1 heterocycles. The summed E-state index contributed by atoms with van der Waals surface area (Å²) in [6.45, 7) is 3.74. The third-order valence-electron chi connectivity index (χ3n) is 2.90. The number of nitrogens with one attached hydrogen (secondary N) is 1. The third kappa shape index (κ3) is 1.84. The maximum Gasteiger partial charge on any atom is 0.242 e. The van der Waals surface area contributed by atoms with Crippen molar-refractivity contribution in [3.05, 3.63) is 24.0 Å². The molecule has 90 valence electrons. The molecule has 0 radical (unpaired) electrons. The fourth-order valence-corrected chi connectivity index (χ4v) is 2.05. The number of anilines is 1. The number of hydrogen-bond donors (Lipinski definition) is 2. The Morgan fingerprint density at radius 1 is 1.53 bits per heavy atom. The monoisotopic (exact) mass is 232 g/mol. The SMILES string of the molecule is CNC(=O)C(C)n1c(C)nc2cc(N)ccc21. The molecule has 3 N–H and O–H groups in total. The largest absolute Gasteiger partial charge is 0.399 e. The van der Waals surface area contributed by atoms with Gasteiger partial charge < -0.3 is 15.6 Å². The van der Waals surface area contributed by atoms with E-state index in [1.807, 2.05) is 36.6 Å². The van der Waals surface area contributed by atoms with Crippen molar-refractivity contribution in [2.45, 2.75) is 19.9 Å². The molecule has 1 aromatic carbocycles. The second-order valence-corrected chi connectivity index (χ2v) is 4.07. The molecule has 5 heteroatoms. The second kappa shape index (κ2) is 4.08. The van der Waals surface area contributed by atoms with Gasteiger partial charge in [-0.05, 0) is 32.0 Å². The summed E-state index contributed by atoms with van der Waals surface area (Å²) in [7, 11) is 1.63. The van der Waals surface area contributed by atoms with E-state index >= 15 is 0 Å². The number of nitrogens with zero attached hydrogens (tertiary/aromatic N) is 2. The standard InChI is InChI=1S/C12H16N4O/c1-7(12(17)14-3)16-8(2)15-10-6-9(13)4-5-11(10)16/h4-7H,13H2,1-3H3,(H,14,17). The number of fused-ring (bicyclic) bond motifs is 1. The van der Waals surface area contributed by atoms with Crippen molar-refractivity contribution < 1.29 is 4.79 Å². The molecule has 0 saturated carbocycles. The zero-order chi connectivity index (χ0) is 12.6. The van der Waals surface area contributed by atoms with Gasteiger partial charge in [0.15, 0.2) is 0 Å². The number of nitrogen functional groups attached to an aromatic ring is 1. The van der Waals surface area contributed by atoms with Crippen molar-refractivity contribution in [1.29, 1.82) is 0 Å². The van der Waals surface area contributed by atoms with Crippen molar-refractivity contribution in [2.75, 3.05) is 12.8 Å². The number of likely N-dealkylation sites (N-methyl/N-ethyl adjacent to an activating group) is 1. The Bertz CT molecular complexity index is 573. The number of imidazole rings is 1. The van der Waals surface area contributed by atoms with Crippen LogP contribution in [0.5, 0.6) is 0 Å². The topological polar surface area (TPSA) is 72.9 Å². The molecular weight excluding hydrogens is 216 g/mol. The Hall–Kier alpha value is -2.04. The maximum absolute atomic E-state index is 11.7. The lowest BCUT2D eigenvalue weighted by Gasteiger charge is -2.14. The molecule has 0 fully saturated rings. The van der Waals surface area contributed by atoms with Crippen LogP contribution >= 0.6 is 0 Å². The van der Waals surface area contributed by atoms with Crippen molar-refractivity contribution in [2.24, 2.45) is 0 Å². The number of aromatic nitrogens is 2. The molecule has 0 aliphatic carbocycles. The predicted octanol–water partition coefficient (Wildman–Crippen LogP) is 1.23. The van der Waals surface area contributed by atoms with Gasteiger partial charge in [-0.1, -0.05) is 0 Å². The predicted molar refractivity (Wildman–Crippen MR) is 67.7 cm³/mol. The van der Waals surface area contributed by atoms with Crippen molar-refractivity contribution >= 4 is 22.6 Å². The minimum atomic E-state index is -0.284. The summed E-state index contributed by atoms with van der Waals surface area (Å²) in [6, 6.07) is 5.24. The maximum atomic E-state index is 11.7. The van der Waals surface area contributed by atoms with E-state index in [4.69, 9.17) is 5.73 Å². The first kappa shape index (κ1) is 11.4. The molecule has 1 aromatic heterocycles. The summed E-state index contributed by atoms with van der Waals surface area (Å²) in [6.07, 6.45) is 0. The molecule has 1 atom stereocenters. The normalized spacial score (nSPS) is 12.6. The van der Waals surface area contributed by atoms with E-state index in [1.165, 1.54) is 0 Å². The second-order valence-electron chi connectivity index (χ2n) is 4.07. The molecule has 5 nitrogen and oxygen atoms in total.